The maximum absolute atomic E-state index is 5.78. The Morgan fingerprint density at radius 3 is 2.00 bits per heavy atom. The van der Waals surface area contributed by atoms with Gasteiger partial charge in [0.25, 0.3) is 0 Å². The molecule has 2 fully saturated rings. The van der Waals surface area contributed by atoms with Crippen molar-refractivity contribution in [3.63, 3.8) is 0 Å². The Kier molecular flexibility index (Phi) is 8.90. The topological polar surface area (TPSA) is 21.6 Å². The summed E-state index contributed by atoms with van der Waals surface area (Å²) < 4.78 is 5.78. The average molecular weight is 369 g/mol. The summed E-state index contributed by atoms with van der Waals surface area (Å²) in [5.41, 5.74) is 1.46. The van der Waals surface area contributed by atoms with Crippen LogP contribution in [0.4, 0.5) is 0 Å². The first-order valence-electron chi connectivity index (χ1n) is 8.03. The van der Waals surface area contributed by atoms with E-state index in [2.05, 4.69) is 52.8 Å². The van der Waals surface area contributed by atoms with E-state index in [1.54, 1.807) is 0 Å². The van der Waals surface area contributed by atoms with Crippen LogP contribution in [0.15, 0.2) is 4.99 Å². The Bertz CT molecular complexity index is 366. The largest absolute Gasteiger partial charge is 2.00 e. The third kappa shape index (κ3) is 6.21. The normalized spacial score (nSPS) is 25.7. The van der Waals surface area contributed by atoms with Crippen LogP contribution in [-0.2, 0) is 21.8 Å². The smallest absolute Gasteiger partial charge is 0.478 e. The molecule has 3 rings (SSSR count). The number of aliphatic imine (C=N–C) groups is 1. The van der Waals surface area contributed by atoms with Crippen molar-refractivity contribution >= 4 is 14.0 Å². The molecule has 2 saturated carbocycles. The second-order valence-electron chi connectivity index (χ2n) is 7.12. The van der Waals surface area contributed by atoms with E-state index in [1.807, 2.05) is 32.1 Å². The van der Waals surface area contributed by atoms with Gasteiger partial charge in [-0.3, -0.25) is 0 Å². The maximum atomic E-state index is 5.78. The molecule has 1 heterocycles. The summed E-state index contributed by atoms with van der Waals surface area (Å²) in [7, 11) is -1.30. The van der Waals surface area contributed by atoms with E-state index in [-0.39, 0.29) is 17.1 Å². The molecule has 23 heavy (non-hydrogen) atoms. The molecule has 0 saturated heterocycles. The van der Waals surface area contributed by atoms with Gasteiger partial charge in [0.1, 0.15) is 6.61 Å². The van der Waals surface area contributed by atoms with Gasteiger partial charge in [-0.25, -0.2) is 4.99 Å². The molecule has 0 N–H and O–H groups in total. The summed E-state index contributed by atoms with van der Waals surface area (Å²) in [5, 5.41) is 0. The van der Waals surface area contributed by atoms with Crippen LogP contribution in [0, 0.1) is 68.7 Å². The van der Waals surface area contributed by atoms with E-state index in [0.717, 1.165) is 12.5 Å². The molecule has 124 valence electrons. The van der Waals surface area contributed by atoms with Crippen molar-refractivity contribution < 1.29 is 21.8 Å². The van der Waals surface area contributed by atoms with Crippen LogP contribution in [0.5, 0.6) is 0 Å². The predicted octanol–water partition coefficient (Wildman–Crippen LogP) is 4.11. The molecular formula is C19H27FeNOSi+2. The third-order valence-corrected chi connectivity index (χ3v) is 5.91. The van der Waals surface area contributed by atoms with E-state index in [4.69, 9.17) is 9.73 Å². The molecule has 0 aromatic carbocycles. The SMILES string of the molecule is CC(C)[C@H]1COC([C]2[CH][CH][CH][C]2[Si](C)(C)C)=N1.[CH]1[CH][CH][CH][CH]1.[Fe+2]. The Morgan fingerprint density at radius 2 is 1.57 bits per heavy atom. The van der Waals surface area contributed by atoms with Gasteiger partial charge in [0.2, 0.25) is 0 Å². The van der Waals surface area contributed by atoms with Gasteiger partial charge in [0.05, 0.1) is 20.0 Å². The van der Waals surface area contributed by atoms with E-state index in [0.29, 0.717) is 12.0 Å². The van der Waals surface area contributed by atoms with E-state index < -0.39 is 8.07 Å². The van der Waals surface area contributed by atoms with Gasteiger partial charge in [-0.1, -0.05) is 33.5 Å². The molecule has 1 aliphatic heterocycles. The van der Waals surface area contributed by atoms with Gasteiger partial charge in [0, 0.05) is 0 Å². The zero-order chi connectivity index (χ0) is 16.2. The number of rotatable bonds is 3. The zero-order valence-corrected chi connectivity index (χ0v) is 16.8. The molecular weight excluding hydrogens is 342 g/mol. The molecule has 0 amide bonds. The number of hydrogen-bond acceptors (Lipinski definition) is 2. The summed E-state index contributed by atoms with van der Waals surface area (Å²) in [6.45, 7) is 12.2. The van der Waals surface area contributed by atoms with Crippen molar-refractivity contribution in [2.45, 2.75) is 39.5 Å². The van der Waals surface area contributed by atoms with Crippen LogP contribution in [-0.4, -0.2) is 26.6 Å². The van der Waals surface area contributed by atoms with Crippen molar-refractivity contribution in [2.75, 3.05) is 6.61 Å². The van der Waals surface area contributed by atoms with Crippen LogP contribution in [0.3, 0.4) is 0 Å². The molecule has 0 spiro atoms. The Labute approximate surface area is 155 Å². The van der Waals surface area contributed by atoms with Gasteiger partial charge >= 0.3 is 17.1 Å². The van der Waals surface area contributed by atoms with Crippen LogP contribution < -0.4 is 0 Å². The molecule has 4 heteroatoms. The van der Waals surface area contributed by atoms with Crippen molar-refractivity contribution in [1.29, 1.82) is 0 Å². The number of nitrogens with zero attached hydrogens (tertiary/aromatic N) is 1. The molecule has 0 bridgehead atoms. The van der Waals surface area contributed by atoms with Gasteiger partial charge < -0.3 is 4.74 Å². The molecule has 3 aliphatic rings. The maximum Gasteiger partial charge on any atom is 2.00 e. The average Bonchev–Trinajstić information content (AvgIpc) is 3.20. The first-order valence-corrected chi connectivity index (χ1v) is 11.5. The fraction of sp³-hybridized carbons (Fsp3) is 0.421. The zero-order valence-electron chi connectivity index (χ0n) is 14.7. The summed E-state index contributed by atoms with van der Waals surface area (Å²) in [5.74, 6) is 2.65. The molecule has 0 unspecified atom stereocenters. The van der Waals surface area contributed by atoms with Crippen LogP contribution in [0.1, 0.15) is 13.8 Å². The first-order chi connectivity index (χ1) is 10.4. The van der Waals surface area contributed by atoms with Crippen molar-refractivity contribution in [3.05, 3.63) is 62.8 Å². The van der Waals surface area contributed by atoms with E-state index >= 15 is 0 Å². The molecule has 0 aromatic rings. The summed E-state index contributed by atoms with van der Waals surface area (Å²) in [4.78, 5) is 4.72. The number of ether oxygens (including phenoxy) is 1. The molecule has 1 atom stereocenters. The molecule has 10 radical (unpaired) electrons. The summed E-state index contributed by atoms with van der Waals surface area (Å²) in [6.07, 6.45) is 16.5. The quantitative estimate of drug-likeness (QED) is 0.686. The molecule has 2 nitrogen and oxygen atoms in total. The van der Waals surface area contributed by atoms with Crippen molar-refractivity contribution in [2.24, 2.45) is 10.9 Å². The number of hydrogen-bond donors (Lipinski definition) is 0. The Balaban J connectivity index is 0.000000377. The molecule has 0 aromatic heterocycles. The standard InChI is InChI=1S/C14H22NOSi.C5H5.Fe/c1-10(2)12-9-16-14(15-12)11-7-6-8-13(11)17(3,4)5;1-2-4-5-3-1;/h6-8,10,12H,9H2,1-5H3;1-5H;/q;;+2/t12-;;/m1../s1. The molecule has 2 aliphatic carbocycles. The fourth-order valence-electron chi connectivity index (χ4n) is 2.46. The van der Waals surface area contributed by atoms with Crippen LogP contribution in [0.2, 0.25) is 19.6 Å². The van der Waals surface area contributed by atoms with Gasteiger partial charge in [0.15, 0.2) is 5.90 Å². The minimum atomic E-state index is -1.30. The minimum absolute atomic E-state index is 0. The van der Waals surface area contributed by atoms with E-state index in [1.165, 1.54) is 11.5 Å². The second-order valence-corrected chi connectivity index (χ2v) is 12.2. The van der Waals surface area contributed by atoms with Crippen molar-refractivity contribution in [1.82, 2.24) is 0 Å². The Morgan fingerprint density at radius 1 is 1.00 bits per heavy atom. The fourth-order valence-corrected chi connectivity index (χ4v) is 4.05. The third-order valence-electron chi connectivity index (χ3n) is 3.85. The monoisotopic (exact) mass is 369 g/mol. The van der Waals surface area contributed by atoms with Crippen LogP contribution in [0.25, 0.3) is 0 Å². The second kappa shape index (κ2) is 9.63. The summed E-state index contributed by atoms with van der Waals surface area (Å²) >= 11 is 0. The van der Waals surface area contributed by atoms with Gasteiger partial charge in [-0.2, -0.15) is 0 Å². The van der Waals surface area contributed by atoms with Crippen molar-refractivity contribution in [3.8, 4) is 0 Å². The Hall–Kier alpha value is 0.206. The van der Waals surface area contributed by atoms with Crippen LogP contribution >= 0.6 is 0 Å². The minimum Gasteiger partial charge on any atom is -0.478 e. The predicted molar refractivity (Wildman–Crippen MR) is 96.2 cm³/mol. The first kappa shape index (κ1) is 21.2. The van der Waals surface area contributed by atoms with E-state index in [9.17, 15) is 0 Å². The van der Waals surface area contributed by atoms with Gasteiger partial charge in [-0.05, 0) is 62.8 Å². The summed E-state index contributed by atoms with van der Waals surface area (Å²) in [6, 6.07) is 0.328. The van der Waals surface area contributed by atoms with Gasteiger partial charge in [-0.15, -0.1) is 0 Å².